The third-order valence-corrected chi connectivity index (χ3v) is 21.2. The van der Waals surface area contributed by atoms with Gasteiger partial charge < -0.3 is 42.0 Å². The number of pyridine rings is 2. The van der Waals surface area contributed by atoms with Crippen LogP contribution in [0.15, 0.2) is 240 Å². The Kier molecular flexibility index (Phi) is 22.7. The summed E-state index contributed by atoms with van der Waals surface area (Å²) in [5.41, 5.74) is 24.3. The molecule has 2 saturated carbocycles. The standard InChI is InChI=1S/C34H33N5O3.C28H33N5O.C22H24ClN3O3/c35-33-37-34(28-11-3-1-4-12-28,29-13-7-9-26(21-29)27-10-8-18-36-22-27)32(41)39(33)23-25-16-19-38(20-17-25)31(40)24-42-30-14-5-2-6-15-30;1-33-26(34)28(32-27(33)29,17-16-20-8-3-2-4-9-20)19-21-10-7-12-23(18-21)30-25-15-14-22-11-5-6-13-24(22)31-25;23-19-6-2-4-16(14-19)15-3-1-5-18(13-15)22(17-7-8-17)20(28)26(21(24)25-22)9-11-29-12-10-27/h1-15,18,21-22,25H,16-17,19-20,23-24H2,(H2,35,37);2-6,8-9,11,13-15,21,23H,7,10,12,16-19H2,1H3,(H2,29,32)(H,30,31);1-6,13-14,17,27H,7-12H2,(H2,24,25)/t;21-,23+,28+;/m.0./s1. The molecule has 4 amide bonds. The first-order chi connectivity index (χ1) is 51.1. The van der Waals surface area contributed by atoms with E-state index in [9.17, 15) is 19.2 Å². The molecule has 3 fully saturated rings. The monoisotopic (exact) mass is 1430 g/mol. The molecule has 6 heterocycles. The minimum absolute atomic E-state index is 0.0105. The first-order valence-corrected chi connectivity index (χ1v) is 36.7. The van der Waals surface area contributed by atoms with Crippen LogP contribution in [0.5, 0.6) is 5.75 Å². The Morgan fingerprint density at radius 1 is 0.619 bits per heavy atom. The number of aliphatic imine (C=N–C) groups is 3. The average Bonchev–Trinajstić information content (AvgIpc) is 1.58. The molecular formula is C84H90ClN13O7. The summed E-state index contributed by atoms with van der Waals surface area (Å²) in [7, 11) is 1.74. The second kappa shape index (κ2) is 32.9. The van der Waals surface area contributed by atoms with Gasteiger partial charge in [0.25, 0.3) is 23.6 Å². The summed E-state index contributed by atoms with van der Waals surface area (Å²) in [5, 5.41) is 14.3. The molecule has 7 aromatic carbocycles. The minimum Gasteiger partial charge on any atom is -0.484 e. The van der Waals surface area contributed by atoms with Gasteiger partial charge in [-0.1, -0.05) is 176 Å². The third kappa shape index (κ3) is 16.4. The molecule has 1 saturated heterocycles. The number of aryl methyl sites for hydroxylation is 1. The number of benzene rings is 7. The lowest BCUT2D eigenvalue weighted by Crippen LogP contribution is -2.48. The normalized spacial score (nSPS) is 21.6. The highest BCUT2D eigenvalue weighted by atomic mass is 35.5. The topological polar surface area (TPSA) is 273 Å². The molecule has 9 aromatic rings. The van der Waals surface area contributed by atoms with Crippen LogP contribution in [-0.4, -0.2) is 147 Å². The van der Waals surface area contributed by atoms with Crippen LogP contribution in [0.25, 0.3) is 33.2 Å². The van der Waals surface area contributed by atoms with E-state index in [1.807, 2.05) is 187 Å². The highest BCUT2D eigenvalue weighted by molar-refractivity contribution is 6.30. The van der Waals surface area contributed by atoms with Gasteiger partial charge in [-0.3, -0.25) is 38.9 Å². The lowest BCUT2D eigenvalue weighted by atomic mass is 9.75. The van der Waals surface area contributed by atoms with E-state index in [1.165, 1.54) is 15.4 Å². The zero-order valence-corrected chi connectivity index (χ0v) is 59.9. The van der Waals surface area contributed by atoms with Crippen molar-refractivity contribution in [2.75, 3.05) is 65.0 Å². The fourth-order valence-corrected chi connectivity index (χ4v) is 15.5. The maximum absolute atomic E-state index is 14.4. The maximum Gasteiger partial charge on any atom is 0.266 e. The largest absolute Gasteiger partial charge is 0.484 e. The molecule has 0 spiro atoms. The smallest absolute Gasteiger partial charge is 0.266 e. The number of guanidine groups is 3. The predicted octanol–water partition coefficient (Wildman–Crippen LogP) is 12.0. The van der Waals surface area contributed by atoms with E-state index >= 15 is 0 Å². The first kappa shape index (κ1) is 72.5. The number of aliphatic hydroxyl groups excluding tert-OH is 1. The number of aliphatic hydroxyl groups is 1. The number of rotatable bonds is 23. The van der Waals surface area contributed by atoms with Crippen molar-refractivity contribution in [3.05, 3.63) is 252 Å². The maximum atomic E-state index is 14.4. The Morgan fingerprint density at radius 3 is 1.98 bits per heavy atom. The number of fused-ring (bicyclic) bond motifs is 1. The van der Waals surface area contributed by atoms with Crippen LogP contribution < -0.4 is 27.3 Å². The van der Waals surface area contributed by atoms with Gasteiger partial charge in [-0.05, 0) is 181 Å². The molecule has 5 atom stereocenters. The summed E-state index contributed by atoms with van der Waals surface area (Å²) in [6.45, 7) is 2.47. The number of piperidine rings is 1. The van der Waals surface area contributed by atoms with Crippen molar-refractivity contribution in [2.24, 2.45) is 49.9 Å². The molecule has 20 nitrogen and oxygen atoms in total. The molecule has 2 aromatic heterocycles. The molecule has 540 valence electrons. The van der Waals surface area contributed by atoms with Crippen molar-refractivity contribution >= 4 is 69.8 Å². The molecule has 2 aliphatic carbocycles. The van der Waals surface area contributed by atoms with E-state index in [1.54, 1.807) is 24.3 Å². The van der Waals surface area contributed by atoms with Crippen LogP contribution >= 0.6 is 11.6 Å². The van der Waals surface area contributed by atoms with E-state index < -0.39 is 16.6 Å². The number of likely N-dealkylation sites (N-methyl/N-ethyl adjacent to an activating group) is 1. The van der Waals surface area contributed by atoms with Crippen molar-refractivity contribution < 1.29 is 33.8 Å². The summed E-state index contributed by atoms with van der Waals surface area (Å²) in [6.07, 6.45) is 13.6. The number of para-hydroxylation sites is 2. The Balaban J connectivity index is 0.000000142. The zero-order chi connectivity index (χ0) is 72.9. The van der Waals surface area contributed by atoms with Crippen LogP contribution in [0.1, 0.15) is 86.5 Å². The summed E-state index contributed by atoms with van der Waals surface area (Å²) in [4.78, 5) is 83.9. The van der Waals surface area contributed by atoms with Gasteiger partial charge in [0, 0.05) is 55.5 Å². The average molecular weight is 1430 g/mol. The summed E-state index contributed by atoms with van der Waals surface area (Å²) < 4.78 is 11.0. The van der Waals surface area contributed by atoms with Crippen LogP contribution in [0.2, 0.25) is 5.02 Å². The van der Waals surface area contributed by atoms with Crippen LogP contribution in [0.4, 0.5) is 5.82 Å². The van der Waals surface area contributed by atoms with Gasteiger partial charge >= 0.3 is 0 Å². The number of nitrogens with two attached hydrogens (primary N) is 3. The molecule has 2 unspecified atom stereocenters. The number of amides is 4. The second-order valence-corrected chi connectivity index (χ2v) is 28.4. The molecule has 105 heavy (non-hydrogen) atoms. The fraction of sp³-hybridized carbons (Fsp3) is 0.321. The van der Waals surface area contributed by atoms with Gasteiger partial charge in [-0.25, -0.2) is 20.0 Å². The number of nitrogens with zero attached hydrogens (tertiary/aromatic N) is 9. The number of ether oxygens (including phenoxy) is 2. The molecule has 6 aliphatic rings. The number of hydrogen-bond acceptors (Lipinski definition) is 16. The van der Waals surface area contributed by atoms with Gasteiger partial charge in [-0.15, -0.1) is 0 Å². The van der Waals surface area contributed by atoms with Crippen LogP contribution in [0, 0.1) is 17.8 Å². The van der Waals surface area contributed by atoms with Gasteiger partial charge in [0.2, 0.25) is 0 Å². The number of carbonyl (C=O) groups is 4. The molecule has 8 N–H and O–H groups in total. The van der Waals surface area contributed by atoms with Crippen molar-refractivity contribution in [3.63, 3.8) is 0 Å². The van der Waals surface area contributed by atoms with E-state index in [0.717, 1.165) is 120 Å². The molecular weight excluding hydrogens is 1340 g/mol. The number of likely N-dealkylation sites (tertiary alicyclic amines) is 1. The molecule has 21 heteroatoms. The van der Waals surface area contributed by atoms with E-state index in [4.69, 9.17) is 63.3 Å². The highest BCUT2D eigenvalue weighted by Gasteiger charge is 2.58. The molecule has 15 rings (SSSR count). The summed E-state index contributed by atoms with van der Waals surface area (Å²) >= 11 is 6.16. The van der Waals surface area contributed by atoms with Gasteiger partial charge in [0.05, 0.1) is 31.9 Å². The second-order valence-electron chi connectivity index (χ2n) is 27.9. The first-order valence-electron chi connectivity index (χ1n) is 36.3. The lowest BCUT2D eigenvalue weighted by Gasteiger charge is -2.35. The molecule has 4 aliphatic heterocycles. The number of nitrogens with one attached hydrogen (secondary N) is 1. The molecule has 0 radical (unpaired) electrons. The van der Waals surface area contributed by atoms with Crippen LogP contribution in [0.3, 0.4) is 0 Å². The SMILES string of the molecule is CN1C(=O)[C@@](CCc2ccccc2)(C[C@H]2CCC[C@@H](Nc3ccc4ccccc4n3)C2)N=C1N.NC1=NC(c2cccc(-c3cccc(Cl)c3)c2)(C2CC2)C(=O)N1CCOCCO.NC1=NC(c2ccccc2)(c2cccc(-c3cccnc3)c2)C(=O)N1CC1CCN(C(=O)COc2ccccc2)CC1. The number of carbonyl (C=O) groups excluding carboxylic acids is 4. The van der Waals surface area contributed by atoms with E-state index in [-0.39, 0.29) is 67.2 Å². The Morgan fingerprint density at radius 2 is 1.28 bits per heavy atom. The van der Waals surface area contributed by atoms with E-state index in [2.05, 4.69) is 40.6 Å². The van der Waals surface area contributed by atoms with Gasteiger partial charge in [0.15, 0.2) is 35.6 Å². The van der Waals surface area contributed by atoms with Crippen molar-refractivity contribution in [2.45, 2.75) is 93.3 Å². The predicted molar refractivity (Wildman–Crippen MR) is 412 cm³/mol. The number of anilines is 1. The Labute approximate surface area is 618 Å². The quantitative estimate of drug-likeness (QED) is 0.0373. The van der Waals surface area contributed by atoms with Gasteiger partial charge in [-0.2, -0.15) is 0 Å². The number of aromatic nitrogens is 2. The van der Waals surface area contributed by atoms with Crippen molar-refractivity contribution in [1.29, 1.82) is 0 Å². The van der Waals surface area contributed by atoms with Crippen molar-refractivity contribution in [3.8, 4) is 28.0 Å². The minimum atomic E-state index is -1.28. The highest BCUT2D eigenvalue weighted by Crippen LogP contribution is 2.52. The number of halogens is 1. The summed E-state index contributed by atoms with van der Waals surface area (Å²) in [6, 6.07) is 69.3. The third-order valence-electron chi connectivity index (χ3n) is 21.0. The number of hydrogen-bond donors (Lipinski definition) is 5. The van der Waals surface area contributed by atoms with E-state index in [0.29, 0.717) is 67.9 Å². The van der Waals surface area contributed by atoms with Crippen LogP contribution in [-0.2, 0) is 41.4 Å². The van der Waals surface area contributed by atoms with Gasteiger partial charge in [0.1, 0.15) is 17.1 Å². The molecule has 0 bridgehead atoms. The Hall–Kier alpha value is -10.8. The zero-order valence-electron chi connectivity index (χ0n) is 59.1. The summed E-state index contributed by atoms with van der Waals surface area (Å²) in [5.74, 6) is 2.85. The lowest BCUT2D eigenvalue weighted by molar-refractivity contribution is -0.135. The Bertz CT molecular complexity index is 4620. The van der Waals surface area contributed by atoms with Crippen molar-refractivity contribution in [1.82, 2.24) is 29.6 Å². The fourth-order valence-electron chi connectivity index (χ4n) is 15.3.